The molecule has 4 atom stereocenters. The van der Waals surface area contributed by atoms with Crippen LogP contribution < -0.4 is 20.1 Å². The van der Waals surface area contributed by atoms with Gasteiger partial charge in [-0.2, -0.15) is 10.5 Å². The Bertz CT molecular complexity index is 1840. The number of nitrogens with zero attached hydrogens (tertiary/aromatic N) is 4. The van der Waals surface area contributed by atoms with Crippen LogP contribution in [0.2, 0.25) is 0 Å². The molecule has 1 aliphatic rings. The van der Waals surface area contributed by atoms with Crippen molar-refractivity contribution in [1.82, 2.24) is 20.4 Å². The molecule has 0 spiro atoms. The van der Waals surface area contributed by atoms with Gasteiger partial charge in [0, 0.05) is 6.42 Å². The van der Waals surface area contributed by atoms with Crippen molar-refractivity contribution >= 4 is 36.3 Å². The highest BCUT2D eigenvalue weighted by Crippen LogP contribution is 2.35. The maximum absolute atomic E-state index is 14.3. The molecule has 0 heterocycles. The molecule has 0 aromatic heterocycles. The fourth-order valence-electron chi connectivity index (χ4n) is 5.78. The Labute approximate surface area is 351 Å². The van der Waals surface area contributed by atoms with Crippen molar-refractivity contribution in [3.05, 3.63) is 59.7 Å². The van der Waals surface area contributed by atoms with Gasteiger partial charge in [0.2, 0.25) is 11.9 Å². The van der Waals surface area contributed by atoms with Crippen LogP contribution in [-0.4, -0.2) is 92.8 Å². The zero-order chi connectivity index (χ0) is 45.4. The molecule has 18 nitrogen and oxygen atoms in total. The van der Waals surface area contributed by atoms with Gasteiger partial charge >= 0.3 is 24.4 Å². The third-order valence-corrected chi connectivity index (χ3v) is 7.91. The van der Waals surface area contributed by atoms with Gasteiger partial charge in [0.1, 0.15) is 46.1 Å². The molecule has 2 aromatic rings. The highest BCUT2D eigenvalue weighted by atomic mass is 16.6. The van der Waals surface area contributed by atoms with Crippen molar-refractivity contribution < 1.29 is 47.6 Å². The average Bonchev–Trinajstić information content (AvgIpc) is 3.07. The smallest absolute Gasteiger partial charge is 0.417 e. The summed E-state index contributed by atoms with van der Waals surface area (Å²) in [5.41, 5.74) is -3.50. The maximum Gasteiger partial charge on any atom is 0.417 e. The number of hydrogen-bond donors (Lipinski definition) is 4. The minimum atomic E-state index is -1.30. The molecule has 60 heavy (non-hydrogen) atoms. The molecule has 0 bridgehead atoms. The normalized spacial score (nSPS) is 17.9. The molecule has 1 saturated carbocycles. The lowest BCUT2D eigenvalue weighted by Crippen LogP contribution is -2.66. The van der Waals surface area contributed by atoms with Crippen molar-refractivity contribution in [2.24, 2.45) is 0 Å². The molecular weight excluding hydrogens is 777 g/mol. The van der Waals surface area contributed by atoms with E-state index in [1.165, 1.54) is 48.5 Å². The topological polar surface area (TPSA) is 249 Å². The lowest BCUT2D eigenvalue weighted by atomic mass is 9.84. The Hall–Kier alpha value is -6.56. The lowest BCUT2D eigenvalue weighted by molar-refractivity contribution is -0.0403. The van der Waals surface area contributed by atoms with E-state index in [0.29, 0.717) is 11.1 Å². The summed E-state index contributed by atoms with van der Waals surface area (Å²) in [5, 5.41) is 41.7. The molecule has 3 rings (SSSR count). The lowest BCUT2D eigenvalue weighted by Gasteiger charge is -2.47. The predicted molar refractivity (Wildman–Crippen MR) is 218 cm³/mol. The number of amides is 4. The van der Waals surface area contributed by atoms with Gasteiger partial charge in [-0.15, -0.1) is 0 Å². The second-order valence-electron chi connectivity index (χ2n) is 17.8. The third-order valence-electron chi connectivity index (χ3n) is 7.91. The van der Waals surface area contributed by atoms with Gasteiger partial charge in [0.05, 0.1) is 35.3 Å². The summed E-state index contributed by atoms with van der Waals surface area (Å²) in [6.45, 7) is 19.4. The zero-order valence-corrected chi connectivity index (χ0v) is 36.2. The molecule has 2 aromatic carbocycles. The first-order valence-electron chi connectivity index (χ1n) is 19.1. The second-order valence-corrected chi connectivity index (χ2v) is 17.8. The van der Waals surface area contributed by atoms with Crippen molar-refractivity contribution in [3.8, 4) is 23.6 Å². The SMILES string of the molecule is CC(C)(C)OC(=O)NC(=N)N(C(=O)OC(C)(C)C)[C@@H]1C[C@H](N(C(=N)NC(=O)OC(C)(C)C)C(=O)OC(C)(C)C)[C@@H](Oc2ccc(C#N)cc2)C[C@H]1Oc1ccc(C#N)cc1. The molecule has 0 saturated heterocycles. The number of guanidine groups is 2. The Balaban J connectivity index is 2.33. The maximum atomic E-state index is 14.3. The number of rotatable bonds is 6. The van der Waals surface area contributed by atoms with E-state index < -0.39 is 83.0 Å². The van der Waals surface area contributed by atoms with E-state index in [1.807, 2.05) is 12.1 Å². The van der Waals surface area contributed by atoms with E-state index in [1.54, 1.807) is 83.1 Å². The number of hydrogen-bond acceptors (Lipinski definition) is 14. The zero-order valence-electron chi connectivity index (χ0n) is 36.2. The second kappa shape index (κ2) is 19.0. The van der Waals surface area contributed by atoms with Gasteiger partial charge in [-0.3, -0.25) is 21.5 Å². The minimum Gasteiger partial charge on any atom is -0.488 e. The van der Waals surface area contributed by atoms with Crippen molar-refractivity contribution in [1.29, 1.82) is 21.3 Å². The summed E-state index contributed by atoms with van der Waals surface area (Å²) in [6.07, 6.45) is -7.09. The van der Waals surface area contributed by atoms with E-state index in [9.17, 15) is 29.7 Å². The minimum absolute atomic E-state index is 0.187. The molecule has 4 N–H and O–H groups in total. The molecule has 0 radical (unpaired) electrons. The van der Waals surface area contributed by atoms with Crippen LogP contribution in [-0.2, 0) is 18.9 Å². The Morgan fingerprint density at radius 2 is 0.850 bits per heavy atom. The molecule has 0 aliphatic heterocycles. The summed E-state index contributed by atoms with van der Waals surface area (Å²) < 4.78 is 35.4. The van der Waals surface area contributed by atoms with Crippen LogP contribution in [0.4, 0.5) is 19.2 Å². The number of nitrogens with one attached hydrogen (secondary N) is 4. The summed E-state index contributed by atoms with van der Waals surface area (Å²) in [6, 6.07) is 13.7. The van der Waals surface area contributed by atoms with Gasteiger partial charge in [0.25, 0.3) is 0 Å². The van der Waals surface area contributed by atoms with Gasteiger partial charge in [0.15, 0.2) is 0 Å². The molecule has 4 amide bonds. The number of ether oxygens (including phenoxy) is 6. The number of alkyl carbamates (subject to hydrolysis) is 2. The van der Waals surface area contributed by atoms with E-state index in [-0.39, 0.29) is 24.3 Å². The highest BCUT2D eigenvalue weighted by molar-refractivity contribution is 6.01. The van der Waals surface area contributed by atoms with Crippen LogP contribution in [0.15, 0.2) is 48.5 Å². The van der Waals surface area contributed by atoms with E-state index in [4.69, 9.17) is 39.2 Å². The van der Waals surface area contributed by atoms with E-state index in [2.05, 4.69) is 10.6 Å². The molecule has 0 unspecified atom stereocenters. The van der Waals surface area contributed by atoms with Crippen LogP contribution >= 0.6 is 0 Å². The number of benzene rings is 2. The Morgan fingerprint density at radius 3 is 1.12 bits per heavy atom. The predicted octanol–water partition coefficient (Wildman–Crippen LogP) is 7.55. The largest absolute Gasteiger partial charge is 0.488 e. The van der Waals surface area contributed by atoms with Crippen molar-refractivity contribution in [2.75, 3.05) is 0 Å². The first kappa shape index (κ1) is 47.8. The van der Waals surface area contributed by atoms with Crippen LogP contribution in [0.25, 0.3) is 0 Å². The summed E-state index contributed by atoms with van der Waals surface area (Å²) in [4.78, 5) is 56.5. The first-order valence-corrected chi connectivity index (χ1v) is 19.1. The van der Waals surface area contributed by atoms with Crippen molar-refractivity contribution in [3.63, 3.8) is 0 Å². The number of carbonyl (C=O) groups is 4. The Morgan fingerprint density at radius 1 is 0.550 bits per heavy atom. The summed E-state index contributed by atoms with van der Waals surface area (Å²) in [5.74, 6) is -1.04. The molecule has 324 valence electrons. The van der Waals surface area contributed by atoms with E-state index >= 15 is 0 Å². The molecular formula is C42H56N8O10. The van der Waals surface area contributed by atoms with Crippen LogP contribution in [0.5, 0.6) is 11.5 Å². The molecule has 1 fully saturated rings. The highest BCUT2D eigenvalue weighted by Gasteiger charge is 2.51. The van der Waals surface area contributed by atoms with Crippen molar-refractivity contribution in [2.45, 2.75) is 143 Å². The van der Waals surface area contributed by atoms with Gasteiger partial charge in [-0.25, -0.2) is 29.0 Å². The fraction of sp³-hybridized carbons (Fsp3) is 0.524. The fourth-order valence-corrected chi connectivity index (χ4v) is 5.78. The molecule has 1 aliphatic carbocycles. The third kappa shape index (κ3) is 15.0. The first-order chi connectivity index (χ1) is 27.6. The Kier molecular flexibility index (Phi) is 15.1. The average molecular weight is 833 g/mol. The van der Waals surface area contributed by atoms with E-state index in [0.717, 1.165) is 9.80 Å². The van der Waals surface area contributed by atoms with Crippen LogP contribution in [0, 0.1) is 33.5 Å². The standard InChI is InChI=1S/C42H56N8O10/c1-39(2,3)57-35(51)47-33(45)49(37(53)59-41(7,8)9)29-21-30(50(38(54)60-42(10,11)12)34(46)48-36(52)58-40(4,5)6)32(56-28-19-15-26(24-44)16-20-28)22-31(29)55-27-17-13-25(23-43)14-18-27/h13-20,29-32H,21-22H2,1-12H3,(H2,45,47,51)(H2,46,48,52)/t29-,30+,31-,32+. The van der Waals surface area contributed by atoms with Gasteiger partial charge < -0.3 is 28.4 Å². The van der Waals surface area contributed by atoms with Crippen LogP contribution in [0.1, 0.15) is 107 Å². The quantitative estimate of drug-likeness (QED) is 0.125. The number of nitriles is 2. The monoisotopic (exact) mass is 832 g/mol. The van der Waals surface area contributed by atoms with Gasteiger partial charge in [-0.05, 0) is 138 Å². The number of carbonyl (C=O) groups excluding carboxylic acids is 4. The summed E-state index contributed by atoms with van der Waals surface area (Å²) >= 11 is 0. The summed E-state index contributed by atoms with van der Waals surface area (Å²) in [7, 11) is 0. The van der Waals surface area contributed by atoms with Gasteiger partial charge in [-0.1, -0.05) is 0 Å². The van der Waals surface area contributed by atoms with Crippen LogP contribution in [0.3, 0.4) is 0 Å². The molecule has 18 heteroatoms.